The summed E-state index contributed by atoms with van der Waals surface area (Å²) >= 11 is 0.0278. The minimum absolute atomic E-state index is 0.0278. The summed E-state index contributed by atoms with van der Waals surface area (Å²) in [6, 6.07) is 9.49. The Bertz CT molecular complexity index is 251. The van der Waals surface area contributed by atoms with E-state index in [-0.39, 0.29) is 46.4 Å². The molecule has 107 valence electrons. The number of para-hydroxylation sites is 1. The van der Waals surface area contributed by atoms with E-state index in [0.717, 1.165) is 5.69 Å². The third kappa shape index (κ3) is 15.7. The van der Waals surface area contributed by atoms with Crippen molar-refractivity contribution in [1.29, 1.82) is 0 Å². The SMILES string of the molecule is Nc1ccccc1.OCCN(CCO)CCO.[OH][Hg]. The van der Waals surface area contributed by atoms with Crippen LogP contribution in [0.1, 0.15) is 0 Å². The van der Waals surface area contributed by atoms with Gasteiger partial charge >= 0.3 is 29.6 Å². The molecule has 0 aliphatic carbocycles. The van der Waals surface area contributed by atoms with Crippen LogP contribution >= 0.6 is 0 Å². The van der Waals surface area contributed by atoms with E-state index in [2.05, 4.69) is 0 Å². The van der Waals surface area contributed by atoms with Gasteiger partial charge in [0, 0.05) is 25.3 Å². The maximum atomic E-state index is 8.48. The van der Waals surface area contributed by atoms with Gasteiger partial charge in [0.05, 0.1) is 19.8 Å². The monoisotopic (exact) mass is 461 g/mol. The van der Waals surface area contributed by atoms with E-state index in [1.807, 2.05) is 30.3 Å². The second kappa shape index (κ2) is 17.8. The Morgan fingerprint density at radius 2 is 1.21 bits per heavy atom. The summed E-state index contributed by atoms with van der Waals surface area (Å²) in [6.45, 7) is 1.75. The molecule has 1 aromatic carbocycles. The van der Waals surface area contributed by atoms with Crippen molar-refractivity contribution >= 4 is 5.69 Å². The first-order chi connectivity index (χ1) is 9.24. The van der Waals surface area contributed by atoms with E-state index < -0.39 is 0 Å². The molecular formula is C12H23HgN2O4. The number of benzene rings is 1. The number of aliphatic hydroxyl groups is 3. The van der Waals surface area contributed by atoms with Crippen LogP contribution in [-0.4, -0.2) is 62.7 Å². The van der Waals surface area contributed by atoms with Crippen molar-refractivity contribution in [2.45, 2.75) is 0 Å². The molecule has 0 atom stereocenters. The molecule has 0 radical (unpaired) electrons. The van der Waals surface area contributed by atoms with Gasteiger partial charge in [-0.15, -0.1) is 0 Å². The molecule has 7 heteroatoms. The molecule has 0 amide bonds. The fraction of sp³-hybridized carbons (Fsp3) is 0.500. The summed E-state index contributed by atoms with van der Waals surface area (Å²) in [5.41, 5.74) is 6.18. The number of anilines is 1. The first-order valence-electron chi connectivity index (χ1n) is 5.91. The topological polar surface area (TPSA) is 110 Å². The van der Waals surface area contributed by atoms with Gasteiger partial charge in [0.15, 0.2) is 0 Å². The van der Waals surface area contributed by atoms with Crippen LogP contribution in [0.5, 0.6) is 0 Å². The van der Waals surface area contributed by atoms with Gasteiger partial charge in [-0.1, -0.05) is 18.2 Å². The van der Waals surface area contributed by atoms with Gasteiger partial charge in [-0.25, -0.2) is 0 Å². The molecule has 0 fully saturated rings. The predicted octanol–water partition coefficient (Wildman–Crippen LogP) is -1.03. The van der Waals surface area contributed by atoms with Crippen molar-refractivity contribution < 1.29 is 44.9 Å². The average Bonchev–Trinajstić information content (AvgIpc) is 2.43. The van der Waals surface area contributed by atoms with Crippen LogP contribution in [0.2, 0.25) is 0 Å². The number of nitrogens with two attached hydrogens (primary N) is 1. The van der Waals surface area contributed by atoms with Gasteiger partial charge in [0.1, 0.15) is 0 Å². The predicted molar refractivity (Wildman–Crippen MR) is 70.8 cm³/mol. The molecule has 0 spiro atoms. The summed E-state index contributed by atoms with van der Waals surface area (Å²) in [7, 11) is 0. The van der Waals surface area contributed by atoms with Crippen molar-refractivity contribution in [3.05, 3.63) is 30.3 Å². The molecular weight excluding hydrogens is 437 g/mol. The minimum atomic E-state index is 0.0278. The Kier molecular flexibility index (Phi) is 19.7. The van der Waals surface area contributed by atoms with Crippen molar-refractivity contribution in [3.63, 3.8) is 0 Å². The van der Waals surface area contributed by atoms with Gasteiger partial charge in [-0.05, 0) is 12.1 Å². The molecule has 0 heterocycles. The molecule has 0 unspecified atom stereocenters. The zero-order chi connectivity index (χ0) is 14.9. The number of rotatable bonds is 6. The van der Waals surface area contributed by atoms with Gasteiger partial charge in [0.25, 0.3) is 0 Å². The van der Waals surface area contributed by atoms with E-state index in [1.165, 1.54) is 0 Å². The molecule has 0 aromatic heterocycles. The second-order valence-electron chi connectivity index (χ2n) is 3.42. The number of nitrogen functional groups attached to an aromatic ring is 1. The molecule has 0 aliphatic heterocycles. The molecule has 1 aromatic rings. The van der Waals surface area contributed by atoms with Crippen molar-refractivity contribution in [3.8, 4) is 0 Å². The zero-order valence-electron chi connectivity index (χ0n) is 11.1. The van der Waals surface area contributed by atoms with Gasteiger partial charge < -0.3 is 21.1 Å². The van der Waals surface area contributed by atoms with E-state index >= 15 is 0 Å². The van der Waals surface area contributed by atoms with E-state index in [9.17, 15) is 0 Å². The van der Waals surface area contributed by atoms with E-state index in [4.69, 9.17) is 24.1 Å². The first kappa shape index (κ1) is 21.1. The van der Waals surface area contributed by atoms with Crippen molar-refractivity contribution in [1.82, 2.24) is 4.90 Å². The molecule has 6 nitrogen and oxygen atoms in total. The summed E-state index contributed by atoms with van der Waals surface area (Å²) in [4.78, 5) is 1.79. The third-order valence-electron chi connectivity index (χ3n) is 2.05. The Labute approximate surface area is 131 Å². The fourth-order valence-corrected chi connectivity index (χ4v) is 1.21. The molecule has 0 aliphatic rings. The third-order valence-corrected chi connectivity index (χ3v) is 2.05. The van der Waals surface area contributed by atoms with Crippen LogP contribution < -0.4 is 5.73 Å². The molecule has 0 bridgehead atoms. The Morgan fingerprint density at radius 3 is 1.42 bits per heavy atom. The van der Waals surface area contributed by atoms with Crippen LogP contribution in [0, 0.1) is 0 Å². The molecule has 6 N–H and O–H groups in total. The summed E-state index contributed by atoms with van der Waals surface area (Å²) < 4.78 is 7.19. The Hall–Kier alpha value is -0.245. The molecule has 0 saturated heterocycles. The van der Waals surface area contributed by atoms with E-state index in [1.54, 1.807) is 4.90 Å². The Morgan fingerprint density at radius 1 is 0.842 bits per heavy atom. The standard InChI is InChI=1S/C6H15NO3.C6H7N.Hg.H2O/c8-4-1-7(2-5-9)3-6-10;7-6-4-2-1-3-5-6;;/h8-10H,1-6H2;1-5H,7H2;;1H2/q;;+1;/p-1. The van der Waals surface area contributed by atoms with Crippen LogP contribution in [0.15, 0.2) is 30.3 Å². The van der Waals surface area contributed by atoms with Gasteiger partial charge in [-0.2, -0.15) is 0 Å². The van der Waals surface area contributed by atoms with Crippen LogP contribution in [-0.2, 0) is 26.6 Å². The Balaban J connectivity index is 0. The van der Waals surface area contributed by atoms with Crippen molar-refractivity contribution in [2.24, 2.45) is 0 Å². The zero-order valence-corrected chi connectivity index (χ0v) is 16.6. The number of nitrogens with zero attached hydrogens (tertiary/aromatic N) is 1. The normalized spacial score (nSPS) is 9.21. The second-order valence-corrected chi connectivity index (χ2v) is 3.42. The van der Waals surface area contributed by atoms with Gasteiger partial charge in [0.2, 0.25) is 0 Å². The number of hydrogen-bond donors (Lipinski definition) is 5. The first-order valence-corrected chi connectivity index (χ1v) is 8.37. The van der Waals surface area contributed by atoms with Crippen LogP contribution in [0.25, 0.3) is 0 Å². The quantitative estimate of drug-likeness (QED) is 0.275. The van der Waals surface area contributed by atoms with Gasteiger partial charge in [-0.3, -0.25) is 4.90 Å². The molecule has 0 saturated carbocycles. The maximum absolute atomic E-state index is 8.48. The summed E-state index contributed by atoms with van der Waals surface area (Å²) in [5, 5.41) is 25.5. The van der Waals surface area contributed by atoms with Crippen LogP contribution in [0.4, 0.5) is 5.69 Å². The summed E-state index contributed by atoms with van der Waals surface area (Å²) in [5.74, 6) is 0. The summed E-state index contributed by atoms with van der Waals surface area (Å²) in [6.07, 6.45) is 0. The number of aliphatic hydroxyl groups excluding tert-OH is 3. The fourth-order valence-electron chi connectivity index (χ4n) is 1.21. The molecule has 19 heavy (non-hydrogen) atoms. The van der Waals surface area contributed by atoms with E-state index in [0.29, 0.717) is 19.6 Å². The van der Waals surface area contributed by atoms with Crippen LogP contribution in [0.3, 0.4) is 0 Å². The van der Waals surface area contributed by atoms with Crippen molar-refractivity contribution in [2.75, 3.05) is 45.2 Å². The molecule has 1 rings (SSSR count). The average molecular weight is 460 g/mol. The number of hydrogen-bond acceptors (Lipinski definition) is 6.